The van der Waals surface area contributed by atoms with Gasteiger partial charge in [-0.1, -0.05) is 43.7 Å². The van der Waals surface area contributed by atoms with E-state index in [9.17, 15) is 4.39 Å². The van der Waals surface area contributed by atoms with Gasteiger partial charge in [0.1, 0.15) is 11.9 Å². The monoisotopic (exact) mass is 268 g/mol. The lowest BCUT2D eigenvalue weighted by Crippen LogP contribution is -2.11. The molecule has 3 heteroatoms. The molecule has 0 amide bonds. The largest absolute Gasteiger partial charge is 0.377 e. The second kappa shape index (κ2) is 6.72. The third-order valence-corrected chi connectivity index (χ3v) is 3.21. The molecule has 0 saturated heterocycles. The summed E-state index contributed by atoms with van der Waals surface area (Å²) in [7, 11) is 0. The molecule has 0 aromatic heterocycles. The highest BCUT2D eigenvalue weighted by Gasteiger charge is 2.12. The van der Waals surface area contributed by atoms with Crippen molar-refractivity contribution >= 4 is 5.69 Å². The van der Waals surface area contributed by atoms with Crippen LogP contribution in [0.5, 0.6) is 0 Å². The van der Waals surface area contributed by atoms with Crippen molar-refractivity contribution in [3.8, 4) is 6.07 Å². The molecule has 1 atom stereocenters. The highest BCUT2D eigenvalue weighted by atomic mass is 19.1. The van der Waals surface area contributed by atoms with E-state index in [0.29, 0.717) is 11.3 Å². The quantitative estimate of drug-likeness (QED) is 0.856. The van der Waals surface area contributed by atoms with Crippen LogP contribution in [0.3, 0.4) is 0 Å². The van der Waals surface area contributed by atoms with Crippen LogP contribution in [0, 0.1) is 17.1 Å². The molecule has 1 N–H and O–H groups in total. The molecule has 0 radical (unpaired) electrons. The van der Waals surface area contributed by atoms with Crippen LogP contribution in [0.15, 0.2) is 48.5 Å². The standard InChI is InChI=1S/C17H17FN2/c1-2-6-16(13-7-4-3-5-8-13)20-17-10-9-15(18)11-14(17)12-19/h3-5,7-11,16,20H,2,6H2,1H3. The van der Waals surface area contributed by atoms with Crippen molar-refractivity contribution in [2.75, 3.05) is 5.32 Å². The summed E-state index contributed by atoms with van der Waals surface area (Å²) in [6, 6.07) is 16.5. The minimum absolute atomic E-state index is 0.124. The van der Waals surface area contributed by atoms with E-state index in [2.05, 4.69) is 24.4 Å². The number of halogens is 1. The number of nitriles is 1. The third kappa shape index (κ3) is 3.36. The highest BCUT2D eigenvalue weighted by Crippen LogP contribution is 2.26. The van der Waals surface area contributed by atoms with Crippen molar-refractivity contribution < 1.29 is 4.39 Å². The molecule has 102 valence electrons. The summed E-state index contributed by atoms with van der Waals surface area (Å²) in [5, 5.41) is 12.5. The molecule has 1 unspecified atom stereocenters. The third-order valence-electron chi connectivity index (χ3n) is 3.21. The summed E-state index contributed by atoms with van der Waals surface area (Å²) in [4.78, 5) is 0. The van der Waals surface area contributed by atoms with Crippen molar-refractivity contribution in [3.63, 3.8) is 0 Å². The molecule has 2 nitrogen and oxygen atoms in total. The predicted molar refractivity (Wildman–Crippen MR) is 78.8 cm³/mol. The lowest BCUT2D eigenvalue weighted by Gasteiger charge is -2.20. The van der Waals surface area contributed by atoms with Crippen LogP contribution in [0.25, 0.3) is 0 Å². The summed E-state index contributed by atoms with van der Waals surface area (Å²) in [5.74, 6) is -0.390. The van der Waals surface area contributed by atoms with Crippen LogP contribution < -0.4 is 5.32 Å². The average Bonchev–Trinajstić information content (AvgIpc) is 2.49. The van der Waals surface area contributed by atoms with Crippen molar-refractivity contribution in [2.24, 2.45) is 0 Å². The number of nitrogens with zero attached hydrogens (tertiary/aromatic N) is 1. The Morgan fingerprint density at radius 2 is 1.95 bits per heavy atom. The summed E-state index contributed by atoms with van der Waals surface area (Å²) in [6.45, 7) is 2.12. The van der Waals surface area contributed by atoms with E-state index in [4.69, 9.17) is 5.26 Å². The first-order valence-electron chi connectivity index (χ1n) is 6.75. The Morgan fingerprint density at radius 3 is 2.60 bits per heavy atom. The first-order chi connectivity index (χ1) is 9.74. The number of nitrogens with one attached hydrogen (secondary N) is 1. The van der Waals surface area contributed by atoms with Crippen LogP contribution in [0.1, 0.15) is 36.9 Å². The van der Waals surface area contributed by atoms with Crippen LogP contribution in [-0.2, 0) is 0 Å². The van der Waals surface area contributed by atoms with Crippen LogP contribution in [-0.4, -0.2) is 0 Å². The number of rotatable bonds is 5. The molecule has 0 bridgehead atoms. The Balaban J connectivity index is 2.27. The zero-order valence-electron chi connectivity index (χ0n) is 11.4. The minimum atomic E-state index is -0.390. The molecule has 20 heavy (non-hydrogen) atoms. The van der Waals surface area contributed by atoms with Gasteiger partial charge in [0, 0.05) is 0 Å². The van der Waals surface area contributed by atoms with Gasteiger partial charge in [-0.05, 0) is 30.2 Å². The molecule has 0 aliphatic heterocycles. The normalized spacial score (nSPS) is 11.7. The Labute approximate surface area is 118 Å². The van der Waals surface area contributed by atoms with E-state index in [1.807, 2.05) is 24.3 Å². The molecule has 2 rings (SSSR count). The molecular weight excluding hydrogens is 251 g/mol. The molecule has 0 heterocycles. The number of anilines is 1. The molecule has 2 aromatic carbocycles. The lowest BCUT2D eigenvalue weighted by molar-refractivity contribution is 0.626. The van der Waals surface area contributed by atoms with Gasteiger partial charge in [0.05, 0.1) is 17.3 Å². The average molecular weight is 268 g/mol. The molecule has 2 aromatic rings. The zero-order chi connectivity index (χ0) is 14.4. The van der Waals surface area contributed by atoms with E-state index in [-0.39, 0.29) is 11.9 Å². The van der Waals surface area contributed by atoms with Crippen molar-refractivity contribution in [2.45, 2.75) is 25.8 Å². The van der Waals surface area contributed by atoms with Crippen LogP contribution in [0.4, 0.5) is 10.1 Å². The Kier molecular flexibility index (Phi) is 4.73. The first-order valence-corrected chi connectivity index (χ1v) is 6.75. The van der Waals surface area contributed by atoms with E-state index >= 15 is 0 Å². The summed E-state index contributed by atoms with van der Waals surface area (Å²) >= 11 is 0. The number of hydrogen-bond acceptors (Lipinski definition) is 2. The molecule has 0 fully saturated rings. The topological polar surface area (TPSA) is 35.8 Å². The lowest BCUT2D eigenvalue weighted by atomic mass is 10.0. The van der Waals surface area contributed by atoms with Crippen LogP contribution in [0.2, 0.25) is 0 Å². The fourth-order valence-corrected chi connectivity index (χ4v) is 2.22. The summed E-state index contributed by atoms with van der Waals surface area (Å²) in [5.41, 5.74) is 2.18. The second-order valence-electron chi connectivity index (χ2n) is 4.70. The maximum Gasteiger partial charge on any atom is 0.124 e. The van der Waals surface area contributed by atoms with Gasteiger partial charge < -0.3 is 5.32 Å². The molecule has 0 aliphatic carbocycles. The summed E-state index contributed by atoms with van der Waals surface area (Å²) in [6.07, 6.45) is 1.97. The molecule has 0 saturated carbocycles. The van der Waals surface area contributed by atoms with Gasteiger partial charge in [-0.25, -0.2) is 4.39 Å². The molecule has 0 aliphatic rings. The Morgan fingerprint density at radius 1 is 1.20 bits per heavy atom. The van der Waals surface area contributed by atoms with E-state index in [1.165, 1.54) is 17.7 Å². The minimum Gasteiger partial charge on any atom is -0.377 e. The zero-order valence-corrected chi connectivity index (χ0v) is 11.4. The van der Waals surface area contributed by atoms with Crippen molar-refractivity contribution in [1.29, 1.82) is 5.26 Å². The van der Waals surface area contributed by atoms with E-state index in [1.54, 1.807) is 6.07 Å². The van der Waals surface area contributed by atoms with Gasteiger partial charge in [0.25, 0.3) is 0 Å². The first kappa shape index (κ1) is 14.1. The maximum atomic E-state index is 13.2. The predicted octanol–water partition coefficient (Wildman–Crippen LogP) is 4.65. The Hall–Kier alpha value is -2.34. The van der Waals surface area contributed by atoms with Crippen molar-refractivity contribution in [3.05, 3.63) is 65.5 Å². The maximum absolute atomic E-state index is 13.2. The van der Waals surface area contributed by atoms with E-state index in [0.717, 1.165) is 12.8 Å². The van der Waals surface area contributed by atoms with Gasteiger partial charge >= 0.3 is 0 Å². The Bertz CT molecular complexity index is 602. The molecular formula is C17H17FN2. The highest BCUT2D eigenvalue weighted by molar-refractivity contribution is 5.58. The van der Waals surface area contributed by atoms with E-state index < -0.39 is 0 Å². The van der Waals surface area contributed by atoms with Crippen LogP contribution >= 0.6 is 0 Å². The number of benzene rings is 2. The summed E-state index contributed by atoms with van der Waals surface area (Å²) < 4.78 is 13.2. The van der Waals surface area contributed by atoms with Gasteiger partial charge in [-0.3, -0.25) is 0 Å². The van der Waals surface area contributed by atoms with Gasteiger partial charge in [-0.2, -0.15) is 5.26 Å². The fourth-order valence-electron chi connectivity index (χ4n) is 2.22. The van der Waals surface area contributed by atoms with Gasteiger partial charge in [-0.15, -0.1) is 0 Å². The van der Waals surface area contributed by atoms with Gasteiger partial charge in [0.15, 0.2) is 0 Å². The van der Waals surface area contributed by atoms with Gasteiger partial charge in [0.2, 0.25) is 0 Å². The number of hydrogen-bond donors (Lipinski definition) is 1. The SMILES string of the molecule is CCCC(Nc1ccc(F)cc1C#N)c1ccccc1. The second-order valence-corrected chi connectivity index (χ2v) is 4.70. The molecule has 0 spiro atoms. The fraction of sp³-hybridized carbons (Fsp3) is 0.235. The van der Waals surface area contributed by atoms with Crippen molar-refractivity contribution in [1.82, 2.24) is 0 Å². The smallest absolute Gasteiger partial charge is 0.124 e.